The normalized spacial score (nSPS) is 12.9. The number of carboxylic acids is 2. The van der Waals surface area contributed by atoms with E-state index in [0.717, 1.165) is 0 Å². The van der Waals surface area contributed by atoms with Crippen molar-refractivity contribution in [2.75, 3.05) is 7.11 Å². The zero-order chi connectivity index (χ0) is 15.4. The molecule has 8 heteroatoms. The fourth-order valence-electron chi connectivity index (χ4n) is 1.41. The molecule has 0 fully saturated rings. The highest BCUT2D eigenvalue weighted by Gasteiger charge is 2.25. The van der Waals surface area contributed by atoms with Crippen molar-refractivity contribution in [3.05, 3.63) is 22.2 Å². The number of aliphatic carboxylic acids is 2. The molecule has 0 radical (unpaired) electrons. The number of ether oxygens (including phenoxy) is 1. The van der Waals surface area contributed by atoms with Gasteiger partial charge in [-0.05, 0) is 19.1 Å². The van der Waals surface area contributed by atoms with Crippen molar-refractivity contribution in [2.45, 2.75) is 6.92 Å². The van der Waals surface area contributed by atoms with Crippen LogP contribution in [0, 0.1) is 5.92 Å². The van der Waals surface area contributed by atoms with Gasteiger partial charge in [0.1, 0.15) is 17.3 Å². The van der Waals surface area contributed by atoms with Crippen molar-refractivity contribution in [1.82, 2.24) is 0 Å². The molecule has 108 valence electrons. The number of nitrogens with zero attached hydrogens (tertiary/aromatic N) is 1. The number of benzene rings is 1. The Kier molecular flexibility index (Phi) is 5.35. The minimum atomic E-state index is -1.45. The van der Waals surface area contributed by atoms with E-state index >= 15 is 0 Å². The molecule has 1 aromatic carbocycles. The number of rotatable bonds is 5. The van der Waals surface area contributed by atoms with E-state index in [1.54, 1.807) is 0 Å². The van der Waals surface area contributed by atoms with Crippen molar-refractivity contribution in [3.8, 4) is 5.75 Å². The number of carbonyl (C=O) groups is 2. The molecule has 0 aliphatic rings. The summed E-state index contributed by atoms with van der Waals surface area (Å²) in [4.78, 5) is 25.8. The highest BCUT2D eigenvalue weighted by atomic mass is 35.5. The van der Waals surface area contributed by atoms with Crippen LogP contribution in [0.25, 0.3) is 0 Å². The Bertz CT molecular complexity index is 585. The predicted octanol–water partition coefficient (Wildman–Crippen LogP) is 2.88. The first-order valence-electron chi connectivity index (χ1n) is 5.35. The van der Waals surface area contributed by atoms with Gasteiger partial charge in [-0.25, -0.2) is 9.79 Å². The number of halogens is 2. The van der Waals surface area contributed by atoms with Crippen molar-refractivity contribution in [3.63, 3.8) is 0 Å². The van der Waals surface area contributed by atoms with Crippen LogP contribution in [0.3, 0.4) is 0 Å². The quantitative estimate of drug-likeness (QED) is 0.813. The van der Waals surface area contributed by atoms with E-state index in [-0.39, 0.29) is 21.5 Å². The number of hydrogen-bond acceptors (Lipinski definition) is 4. The summed E-state index contributed by atoms with van der Waals surface area (Å²) in [5.74, 6) is -3.93. The maximum atomic E-state index is 11.1. The summed E-state index contributed by atoms with van der Waals surface area (Å²) in [5, 5.41) is 18.3. The molecule has 20 heavy (non-hydrogen) atoms. The van der Waals surface area contributed by atoms with E-state index in [4.69, 9.17) is 38.2 Å². The second-order valence-corrected chi connectivity index (χ2v) is 4.65. The highest BCUT2D eigenvalue weighted by Crippen LogP contribution is 2.38. The van der Waals surface area contributed by atoms with E-state index in [1.807, 2.05) is 0 Å². The minimum Gasteiger partial charge on any atom is -0.493 e. The Morgan fingerprint density at radius 3 is 2.35 bits per heavy atom. The number of carboxylic acid groups (broad SMARTS) is 2. The third-order valence-corrected chi connectivity index (χ3v) is 2.93. The molecule has 1 unspecified atom stereocenters. The first kappa shape index (κ1) is 16.3. The molecule has 0 aliphatic heterocycles. The summed E-state index contributed by atoms with van der Waals surface area (Å²) in [6.07, 6.45) is 0. The predicted molar refractivity (Wildman–Crippen MR) is 74.5 cm³/mol. The molecule has 6 nitrogen and oxygen atoms in total. The van der Waals surface area contributed by atoms with Gasteiger partial charge < -0.3 is 14.9 Å². The zero-order valence-corrected chi connectivity index (χ0v) is 12.1. The smallest absolute Gasteiger partial charge is 0.351 e. The maximum absolute atomic E-state index is 11.1. The van der Waals surface area contributed by atoms with Gasteiger partial charge in [0.2, 0.25) is 0 Å². The van der Waals surface area contributed by atoms with E-state index in [1.165, 1.54) is 26.2 Å². The van der Waals surface area contributed by atoms with Gasteiger partial charge in [0.15, 0.2) is 5.75 Å². The molecule has 2 N–H and O–H groups in total. The standard InChI is InChI=1S/C12H11Cl2NO5/c1-5(11(16)17)9(12(18)19)15-8-4-6(13)3-7(14)10(8)20-2/h3-5H,1-2H3,(H,16,17)(H,18,19). The molecule has 0 aliphatic carbocycles. The molecule has 0 bridgehead atoms. The molecule has 1 atom stereocenters. The Hall–Kier alpha value is -1.79. The van der Waals surface area contributed by atoms with Gasteiger partial charge in [-0.2, -0.15) is 0 Å². The summed E-state index contributed by atoms with van der Waals surface area (Å²) >= 11 is 11.7. The molecule has 0 saturated carbocycles. The van der Waals surface area contributed by atoms with Gasteiger partial charge in [-0.15, -0.1) is 0 Å². The van der Waals surface area contributed by atoms with Crippen LogP contribution in [-0.2, 0) is 9.59 Å². The fraction of sp³-hybridized carbons (Fsp3) is 0.250. The molecule has 0 amide bonds. The van der Waals surface area contributed by atoms with Crippen LogP contribution in [0.4, 0.5) is 5.69 Å². The van der Waals surface area contributed by atoms with Crippen LogP contribution in [0.1, 0.15) is 6.92 Å². The van der Waals surface area contributed by atoms with Gasteiger partial charge in [0.25, 0.3) is 0 Å². The Labute approximate surface area is 124 Å². The van der Waals surface area contributed by atoms with Crippen molar-refractivity contribution in [2.24, 2.45) is 10.9 Å². The number of aliphatic imine (C=N–C) groups is 1. The minimum absolute atomic E-state index is 0.0514. The lowest BCUT2D eigenvalue weighted by Gasteiger charge is -2.10. The summed E-state index contributed by atoms with van der Waals surface area (Å²) < 4.78 is 5.01. The summed E-state index contributed by atoms with van der Waals surface area (Å²) in [6, 6.07) is 2.74. The Balaban J connectivity index is 3.45. The second kappa shape index (κ2) is 6.58. The van der Waals surface area contributed by atoms with Gasteiger partial charge in [0.05, 0.1) is 12.1 Å². The van der Waals surface area contributed by atoms with E-state index in [9.17, 15) is 9.59 Å². The molecule has 0 aromatic heterocycles. The molecule has 0 heterocycles. The first-order chi connectivity index (χ1) is 9.27. The summed E-state index contributed by atoms with van der Waals surface area (Å²) in [7, 11) is 1.33. The lowest BCUT2D eigenvalue weighted by atomic mass is 10.1. The highest BCUT2D eigenvalue weighted by molar-refractivity contribution is 6.40. The summed E-state index contributed by atoms with van der Waals surface area (Å²) in [5.41, 5.74) is -0.496. The molecular weight excluding hydrogens is 309 g/mol. The average molecular weight is 320 g/mol. The third-order valence-electron chi connectivity index (χ3n) is 2.43. The van der Waals surface area contributed by atoms with Gasteiger partial charge >= 0.3 is 11.9 Å². The molecular formula is C12H11Cl2NO5. The van der Waals surface area contributed by atoms with Gasteiger partial charge in [-0.3, -0.25) is 4.79 Å². The average Bonchev–Trinajstić information content (AvgIpc) is 2.34. The molecule has 0 saturated heterocycles. The number of hydrogen-bond donors (Lipinski definition) is 2. The maximum Gasteiger partial charge on any atom is 0.351 e. The van der Waals surface area contributed by atoms with E-state index in [0.29, 0.717) is 0 Å². The van der Waals surface area contributed by atoms with E-state index < -0.39 is 23.6 Å². The van der Waals surface area contributed by atoms with Crippen LogP contribution >= 0.6 is 23.2 Å². The zero-order valence-electron chi connectivity index (χ0n) is 10.6. The van der Waals surface area contributed by atoms with Gasteiger partial charge in [-0.1, -0.05) is 23.2 Å². The first-order valence-corrected chi connectivity index (χ1v) is 6.11. The lowest BCUT2D eigenvalue weighted by Crippen LogP contribution is -2.27. The molecule has 0 spiro atoms. The second-order valence-electron chi connectivity index (χ2n) is 3.80. The van der Waals surface area contributed by atoms with E-state index in [2.05, 4.69) is 4.99 Å². The van der Waals surface area contributed by atoms with Gasteiger partial charge in [0, 0.05) is 5.02 Å². The lowest BCUT2D eigenvalue weighted by molar-refractivity contribution is -0.140. The SMILES string of the molecule is COc1c(Cl)cc(Cl)cc1N=C(C(=O)O)C(C)C(=O)O. The van der Waals surface area contributed by atoms with Crippen LogP contribution < -0.4 is 4.74 Å². The Morgan fingerprint density at radius 1 is 1.30 bits per heavy atom. The third kappa shape index (κ3) is 3.61. The monoisotopic (exact) mass is 319 g/mol. The topological polar surface area (TPSA) is 96.2 Å². The van der Waals surface area contributed by atoms with Crippen molar-refractivity contribution >= 4 is 46.5 Å². The van der Waals surface area contributed by atoms with Crippen LogP contribution in [0.5, 0.6) is 5.75 Å². The van der Waals surface area contributed by atoms with Crippen molar-refractivity contribution < 1.29 is 24.5 Å². The molecule has 1 rings (SSSR count). The van der Waals surface area contributed by atoms with Crippen LogP contribution in [-0.4, -0.2) is 35.0 Å². The molecule has 1 aromatic rings. The number of methoxy groups -OCH3 is 1. The van der Waals surface area contributed by atoms with Crippen molar-refractivity contribution in [1.29, 1.82) is 0 Å². The summed E-state index contributed by atoms with van der Waals surface area (Å²) in [6.45, 7) is 1.22. The fourth-order valence-corrected chi connectivity index (χ4v) is 1.97. The van der Waals surface area contributed by atoms with Crippen LogP contribution in [0.15, 0.2) is 17.1 Å². The van der Waals surface area contributed by atoms with Crippen LogP contribution in [0.2, 0.25) is 10.0 Å². The Morgan fingerprint density at radius 2 is 1.90 bits per heavy atom. The largest absolute Gasteiger partial charge is 0.493 e.